The van der Waals surface area contributed by atoms with Crippen LogP contribution in [0.5, 0.6) is 0 Å². The molecule has 3 heteroatoms. The van der Waals surface area contributed by atoms with Gasteiger partial charge in [-0.1, -0.05) is 29.8 Å². The molecule has 1 aromatic rings. The van der Waals surface area contributed by atoms with Gasteiger partial charge in [-0.3, -0.25) is 4.79 Å². The van der Waals surface area contributed by atoms with Gasteiger partial charge in [0, 0.05) is 20.1 Å². The van der Waals surface area contributed by atoms with Gasteiger partial charge in [0.25, 0.3) is 0 Å². The highest BCUT2D eigenvalue weighted by molar-refractivity contribution is 5.85. The van der Waals surface area contributed by atoms with Gasteiger partial charge in [0.1, 0.15) is 0 Å². The summed E-state index contributed by atoms with van der Waals surface area (Å²) in [5.74, 6) is 0.103. The third-order valence-corrected chi connectivity index (χ3v) is 2.74. The fourth-order valence-corrected chi connectivity index (χ4v) is 1.76. The van der Waals surface area contributed by atoms with Gasteiger partial charge in [0.15, 0.2) is 5.78 Å². The topological polar surface area (TPSA) is 52.3 Å². The Morgan fingerprint density at radius 1 is 1.47 bits per heavy atom. The minimum absolute atomic E-state index is 0.103. The molecule has 1 aromatic carbocycles. The number of hydrogen-bond acceptors (Lipinski definition) is 3. The summed E-state index contributed by atoms with van der Waals surface area (Å²) in [5.41, 5.74) is 8.05. The summed E-state index contributed by atoms with van der Waals surface area (Å²) in [6.45, 7) is 2.68. The van der Waals surface area contributed by atoms with E-state index >= 15 is 0 Å². The van der Waals surface area contributed by atoms with Crippen molar-refractivity contribution in [2.75, 3.05) is 13.7 Å². The second-order valence-electron chi connectivity index (χ2n) is 4.37. The van der Waals surface area contributed by atoms with E-state index in [1.165, 1.54) is 5.56 Å². The second-order valence-corrected chi connectivity index (χ2v) is 4.37. The van der Waals surface area contributed by atoms with Gasteiger partial charge in [0.2, 0.25) is 0 Å². The van der Waals surface area contributed by atoms with Gasteiger partial charge in [-0.05, 0) is 25.3 Å². The number of methoxy groups -OCH3 is 1. The predicted molar refractivity (Wildman–Crippen MR) is 69.0 cm³/mol. The first-order valence-corrected chi connectivity index (χ1v) is 5.96. The van der Waals surface area contributed by atoms with E-state index in [0.717, 1.165) is 12.0 Å². The molecule has 0 saturated heterocycles. The van der Waals surface area contributed by atoms with Crippen molar-refractivity contribution in [1.29, 1.82) is 0 Å². The number of ketones is 1. The molecule has 0 spiro atoms. The van der Waals surface area contributed by atoms with Crippen LogP contribution in [0.2, 0.25) is 0 Å². The third-order valence-electron chi connectivity index (χ3n) is 2.74. The lowest BCUT2D eigenvalue weighted by molar-refractivity contribution is -0.119. The first kappa shape index (κ1) is 13.9. The van der Waals surface area contributed by atoms with Crippen molar-refractivity contribution in [2.24, 2.45) is 5.73 Å². The maximum absolute atomic E-state index is 11.9. The van der Waals surface area contributed by atoms with Gasteiger partial charge >= 0.3 is 0 Å². The first-order valence-electron chi connectivity index (χ1n) is 5.96. The van der Waals surface area contributed by atoms with Crippen molar-refractivity contribution >= 4 is 5.78 Å². The van der Waals surface area contributed by atoms with Gasteiger partial charge in [-0.25, -0.2) is 0 Å². The van der Waals surface area contributed by atoms with Crippen LogP contribution in [0.15, 0.2) is 24.3 Å². The molecule has 0 fully saturated rings. The van der Waals surface area contributed by atoms with Crippen molar-refractivity contribution in [3.63, 3.8) is 0 Å². The fourth-order valence-electron chi connectivity index (χ4n) is 1.76. The van der Waals surface area contributed by atoms with E-state index in [2.05, 4.69) is 0 Å². The van der Waals surface area contributed by atoms with Gasteiger partial charge < -0.3 is 10.5 Å². The van der Waals surface area contributed by atoms with Gasteiger partial charge in [-0.2, -0.15) is 0 Å². The lowest BCUT2D eigenvalue weighted by Gasteiger charge is -2.10. The van der Waals surface area contributed by atoms with E-state index in [4.69, 9.17) is 10.5 Å². The molecular weight excluding hydrogens is 214 g/mol. The van der Waals surface area contributed by atoms with Crippen LogP contribution < -0.4 is 5.73 Å². The number of rotatable bonds is 7. The highest BCUT2D eigenvalue weighted by Gasteiger charge is 2.13. The van der Waals surface area contributed by atoms with Gasteiger partial charge in [-0.15, -0.1) is 0 Å². The Labute approximate surface area is 103 Å². The molecule has 94 valence electrons. The lowest BCUT2D eigenvalue weighted by Crippen LogP contribution is -2.32. The van der Waals surface area contributed by atoms with E-state index in [1.54, 1.807) is 7.11 Å². The predicted octanol–water partition coefficient (Wildman–Crippen LogP) is 1.86. The maximum atomic E-state index is 11.9. The first-order chi connectivity index (χ1) is 8.13. The number of Topliss-reactive ketones (excluding diaryl/α,β-unsaturated/α-hetero) is 1. The molecule has 0 saturated carbocycles. The maximum Gasteiger partial charge on any atom is 0.153 e. The molecule has 0 heterocycles. The zero-order chi connectivity index (χ0) is 12.7. The number of ether oxygens (including phenoxy) is 1. The highest BCUT2D eigenvalue weighted by atomic mass is 16.5. The Morgan fingerprint density at radius 3 is 2.88 bits per heavy atom. The lowest BCUT2D eigenvalue weighted by atomic mass is 10.00. The normalized spacial score (nSPS) is 12.4. The smallest absolute Gasteiger partial charge is 0.153 e. The van der Waals surface area contributed by atoms with Crippen molar-refractivity contribution in [2.45, 2.75) is 32.2 Å². The molecule has 2 N–H and O–H groups in total. The zero-order valence-corrected chi connectivity index (χ0v) is 10.6. The van der Waals surface area contributed by atoms with Crippen molar-refractivity contribution < 1.29 is 9.53 Å². The monoisotopic (exact) mass is 235 g/mol. The Bertz CT molecular complexity index is 363. The number of nitrogens with two attached hydrogens (primary N) is 1. The summed E-state index contributed by atoms with van der Waals surface area (Å²) < 4.78 is 4.94. The molecule has 0 radical (unpaired) electrons. The van der Waals surface area contributed by atoms with Crippen LogP contribution in [-0.4, -0.2) is 25.5 Å². The van der Waals surface area contributed by atoms with E-state index in [9.17, 15) is 4.79 Å². The average Bonchev–Trinajstić information content (AvgIpc) is 2.29. The Morgan fingerprint density at radius 2 is 2.24 bits per heavy atom. The molecule has 0 aliphatic heterocycles. The van der Waals surface area contributed by atoms with Crippen LogP contribution in [-0.2, 0) is 16.0 Å². The van der Waals surface area contributed by atoms with Crippen LogP contribution in [0.3, 0.4) is 0 Å². The number of hydrogen-bond donors (Lipinski definition) is 1. The Kier molecular flexibility index (Phi) is 5.87. The minimum atomic E-state index is -0.370. The largest absolute Gasteiger partial charge is 0.385 e. The minimum Gasteiger partial charge on any atom is -0.385 e. The summed E-state index contributed by atoms with van der Waals surface area (Å²) in [4.78, 5) is 11.9. The van der Waals surface area contributed by atoms with Crippen molar-refractivity contribution in [1.82, 2.24) is 0 Å². The number of benzene rings is 1. The quantitative estimate of drug-likeness (QED) is 0.734. The second kappa shape index (κ2) is 7.20. The molecule has 0 aromatic heterocycles. The molecule has 0 amide bonds. The van der Waals surface area contributed by atoms with E-state index in [1.807, 2.05) is 31.2 Å². The summed E-state index contributed by atoms with van der Waals surface area (Å²) in [5, 5.41) is 0. The number of carbonyl (C=O) groups is 1. The standard InChI is InChI=1S/C14H21NO2/c1-11-5-3-6-12(9-11)10-14(16)13(15)7-4-8-17-2/h3,5-6,9,13H,4,7-8,10,15H2,1-2H3. The Balaban J connectivity index is 2.43. The summed E-state index contributed by atoms with van der Waals surface area (Å²) in [7, 11) is 1.65. The molecule has 1 unspecified atom stereocenters. The van der Waals surface area contributed by atoms with Crippen LogP contribution in [0.4, 0.5) is 0 Å². The molecule has 1 atom stereocenters. The summed E-state index contributed by atoms with van der Waals surface area (Å²) in [6, 6.07) is 7.61. The molecule has 0 aliphatic rings. The molecule has 0 aliphatic carbocycles. The Hall–Kier alpha value is -1.19. The molecular formula is C14H21NO2. The summed E-state index contributed by atoms with van der Waals surface area (Å²) >= 11 is 0. The SMILES string of the molecule is COCCCC(N)C(=O)Cc1cccc(C)c1. The number of aryl methyl sites for hydroxylation is 1. The zero-order valence-electron chi connectivity index (χ0n) is 10.6. The van der Waals surface area contributed by atoms with Crippen LogP contribution in [0.25, 0.3) is 0 Å². The van der Waals surface area contributed by atoms with Crippen LogP contribution in [0.1, 0.15) is 24.0 Å². The van der Waals surface area contributed by atoms with Crippen LogP contribution in [0, 0.1) is 6.92 Å². The number of carbonyl (C=O) groups excluding carboxylic acids is 1. The fraction of sp³-hybridized carbons (Fsp3) is 0.500. The summed E-state index contributed by atoms with van der Waals surface area (Å²) in [6.07, 6.45) is 1.95. The van der Waals surface area contributed by atoms with Crippen LogP contribution >= 0.6 is 0 Å². The molecule has 1 rings (SSSR count). The third kappa shape index (κ3) is 5.11. The molecule has 0 bridgehead atoms. The molecule has 3 nitrogen and oxygen atoms in total. The highest BCUT2D eigenvalue weighted by Crippen LogP contribution is 2.07. The van der Waals surface area contributed by atoms with E-state index in [0.29, 0.717) is 19.4 Å². The van der Waals surface area contributed by atoms with E-state index < -0.39 is 0 Å². The average molecular weight is 235 g/mol. The van der Waals surface area contributed by atoms with Crippen molar-refractivity contribution in [3.8, 4) is 0 Å². The van der Waals surface area contributed by atoms with E-state index in [-0.39, 0.29) is 11.8 Å². The van der Waals surface area contributed by atoms with Gasteiger partial charge in [0.05, 0.1) is 6.04 Å². The molecule has 17 heavy (non-hydrogen) atoms. The van der Waals surface area contributed by atoms with Crippen molar-refractivity contribution in [3.05, 3.63) is 35.4 Å².